The fourth-order valence-electron chi connectivity index (χ4n) is 4.12. The van der Waals surface area contributed by atoms with Crippen LogP contribution in [0.2, 0.25) is 5.02 Å². The number of fused-ring (bicyclic) bond motifs is 3. The van der Waals surface area contributed by atoms with E-state index >= 15 is 0 Å². The van der Waals surface area contributed by atoms with Gasteiger partial charge in [0.15, 0.2) is 0 Å². The van der Waals surface area contributed by atoms with E-state index in [1.165, 1.54) is 27.4 Å². The molecule has 0 aliphatic rings. The van der Waals surface area contributed by atoms with E-state index in [2.05, 4.69) is 73.7 Å². The average molecular weight is 389 g/mol. The van der Waals surface area contributed by atoms with Gasteiger partial charge in [0.25, 0.3) is 0 Å². The number of halogens is 1. The summed E-state index contributed by atoms with van der Waals surface area (Å²) in [7, 11) is 0. The molecule has 3 heteroatoms. The van der Waals surface area contributed by atoms with Crippen molar-refractivity contribution in [3.05, 3.63) is 89.2 Å². The molecule has 0 unspecified atom stereocenters. The summed E-state index contributed by atoms with van der Waals surface area (Å²) >= 11 is 6.32. The van der Waals surface area contributed by atoms with Crippen molar-refractivity contribution in [3.63, 3.8) is 0 Å². The lowest BCUT2D eigenvalue weighted by molar-refractivity contribution is 0.577. The zero-order chi connectivity index (χ0) is 19.9. The van der Waals surface area contributed by atoms with Crippen molar-refractivity contribution >= 4 is 33.4 Å². The molecule has 2 aromatic heterocycles. The lowest BCUT2D eigenvalue weighted by Crippen LogP contribution is -2.17. The maximum Gasteiger partial charge on any atom is 0.0507 e. The number of aromatic amines is 1. The first-order valence-electron chi connectivity index (χ1n) is 9.66. The van der Waals surface area contributed by atoms with Gasteiger partial charge >= 0.3 is 0 Å². The van der Waals surface area contributed by atoms with Gasteiger partial charge in [-0.1, -0.05) is 68.8 Å². The van der Waals surface area contributed by atoms with Crippen molar-refractivity contribution in [2.45, 2.75) is 38.5 Å². The highest BCUT2D eigenvalue weighted by molar-refractivity contribution is 6.30. The number of nitrogens with one attached hydrogen (secondary N) is 1. The first-order valence-corrected chi connectivity index (χ1v) is 10.0. The Morgan fingerprint density at radius 1 is 1.11 bits per heavy atom. The molecule has 2 nitrogen and oxygen atoms in total. The molecule has 4 aromatic rings. The smallest absolute Gasteiger partial charge is 0.0507 e. The molecule has 0 fully saturated rings. The molecule has 0 saturated heterocycles. The molecular weight excluding hydrogens is 364 g/mol. The summed E-state index contributed by atoms with van der Waals surface area (Å²) in [4.78, 5) is 8.36. The van der Waals surface area contributed by atoms with Crippen molar-refractivity contribution < 1.29 is 0 Å². The van der Waals surface area contributed by atoms with Gasteiger partial charge < -0.3 is 4.98 Å². The molecule has 0 bridgehead atoms. The Morgan fingerprint density at radius 2 is 1.89 bits per heavy atom. The number of H-pyrrole nitrogens is 1. The Morgan fingerprint density at radius 3 is 2.61 bits per heavy atom. The van der Waals surface area contributed by atoms with Crippen molar-refractivity contribution in [2.24, 2.45) is 0 Å². The number of allylic oxidation sites excluding steroid dienone is 1. The SMILES string of the molecule is C=CC[C@H](c1cc(Cl)ccn1)c1c(C(C)(C)C)ccc2c1[nH]c1ccccc12. The molecule has 28 heavy (non-hydrogen) atoms. The van der Waals surface area contributed by atoms with Gasteiger partial charge in [-0.3, -0.25) is 4.98 Å². The van der Waals surface area contributed by atoms with Gasteiger partial charge in [-0.05, 0) is 41.2 Å². The molecule has 0 spiro atoms. The molecule has 2 heterocycles. The van der Waals surface area contributed by atoms with E-state index in [9.17, 15) is 0 Å². The van der Waals surface area contributed by atoms with Gasteiger partial charge in [0.1, 0.15) is 0 Å². The average Bonchev–Trinajstić information content (AvgIpc) is 3.03. The minimum atomic E-state index is -0.00118. The minimum absolute atomic E-state index is 0.00118. The molecule has 1 N–H and O–H groups in total. The second-order valence-electron chi connectivity index (χ2n) is 8.35. The molecule has 0 aliphatic carbocycles. The molecule has 142 valence electrons. The van der Waals surface area contributed by atoms with Gasteiger partial charge in [-0.25, -0.2) is 0 Å². The zero-order valence-electron chi connectivity index (χ0n) is 16.6. The second kappa shape index (κ2) is 7.10. The van der Waals surface area contributed by atoms with Crippen LogP contribution in [-0.2, 0) is 5.41 Å². The van der Waals surface area contributed by atoms with Crippen LogP contribution in [0.15, 0.2) is 67.4 Å². The first kappa shape index (κ1) is 18.8. The molecule has 0 saturated carbocycles. The minimum Gasteiger partial charge on any atom is -0.354 e. The third kappa shape index (κ3) is 3.22. The number of benzene rings is 2. The molecule has 0 amide bonds. The van der Waals surface area contributed by atoms with Gasteiger partial charge in [-0.15, -0.1) is 6.58 Å². The quantitative estimate of drug-likeness (QED) is 0.363. The Kier molecular flexibility index (Phi) is 4.76. The maximum atomic E-state index is 6.32. The Balaban J connectivity index is 2.09. The molecule has 0 radical (unpaired) electrons. The van der Waals surface area contributed by atoms with E-state index in [0.29, 0.717) is 5.02 Å². The monoisotopic (exact) mass is 388 g/mol. The van der Waals surface area contributed by atoms with Crippen LogP contribution < -0.4 is 0 Å². The van der Waals surface area contributed by atoms with Gasteiger partial charge in [-0.2, -0.15) is 0 Å². The van der Waals surface area contributed by atoms with Crippen LogP contribution in [0.5, 0.6) is 0 Å². The number of aromatic nitrogens is 2. The summed E-state index contributed by atoms with van der Waals surface area (Å²) in [5, 5.41) is 3.20. The van der Waals surface area contributed by atoms with Crippen LogP contribution in [0.1, 0.15) is 49.9 Å². The summed E-state index contributed by atoms with van der Waals surface area (Å²) < 4.78 is 0. The van der Waals surface area contributed by atoms with Crippen LogP contribution in [0.4, 0.5) is 0 Å². The Bertz CT molecular complexity index is 1160. The van der Waals surface area contributed by atoms with Crippen molar-refractivity contribution in [1.29, 1.82) is 0 Å². The largest absolute Gasteiger partial charge is 0.354 e. The highest BCUT2D eigenvalue weighted by atomic mass is 35.5. The summed E-state index contributed by atoms with van der Waals surface area (Å²) in [6.07, 6.45) is 4.56. The summed E-state index contributed by atoms with van der Waals surface area (Å²) in [6, 6.07) is 16.8. The predicted molar refractivity (Wildman–Crippen MR) is 120 cm³/mol. The van der Waals surface area contributed by atoms with E-state index < -0.39 is 0 Å². The summed E-state index contributed by atoms with van der Waals surface area (Å²) in [5.41, 5.74) is 5.92. The highest BCUT2D eigenvalue weighted by Gasteiger charge is 2.27. The lowest BCUT2D eigenvalue weighted by Gasteiger charge is -2.28. The van der Waals surface area contributed by atoms with Gasteiger partial charge in [0, 0.05) is 39.1 Å². The van der Waals surface area contributed by atoms with Crippen molar-refractivity contribution in [1.82, 2.24) is 9.97 Å². The standard InChI is InChI=1S/C25H25ClN2/c1-5-8-19(22-15-16(26)13-14-27-22)23-20(25(2,3)4)12-11-18-17-9-6-7-10-21(17)28-24(18)23/h5-7,9-15,19,28H,1,8H2,2-4H3/t19-/m1/s1. The van der Waals surface area contributed by atoms with Crippen LogP contribution in [0, 0.1) is 0 Å². The van der Waals surface area contributed by atoms with Crippen molar-refractivity contribution in [3.8, 4) is 0 Å². The van der Waals surface area contributed by atoms with E-state index in [-0.39, 0.29) is 11.3 Å². The number of hydrogen-bond donors (Lipinski definition) is 1. The number of para-hydroxylation sites is 1. The highest BCUT2D eigenvalue weighted by Crippen LogP contribution is 2.42. The lowest BCUT2D eigenvalue weighted by atomic mass is 9.77. The number of pyridine rings is 1. The normalized spacial score (nSPS) is 13.1. The van der Waals surface area contributed by atoms with Crippen LogP contribution in [0.25, 0.3) is 21.8 Å². The van der Waals surface area contributed by atoms with Crippen LogP contribution in [-0.4, -0.2) is 9.97 Å². The van der Waals surface area contributed by atoms with Gasteiger partial charge in [0.05, 0.1) is 5.52 Å². The number of hydrogen-bond acceptors (Lipinski definition) is 1. The second-order valence-corrected chi connectivity index (χ2v) is 8.78. The summed E-state index contributed by atoms with van der Waals surface area (Å²) in [6.45, 7) is 10.8. The molecule has 2 aromatic carbocycles. The van der Waals surface area contributed by atoms with E-state index in [4.69, 9.17) is 11.6 Å². The third-order valence-corrected chi connectivity index (χ3v) is 5.62. The summed E-state index contributed by atoms with van der Waals surface area (Å²) in [5.74, 6) is 0.0854. The third-order valence-electron chi connectivity index (χ3n) is 5.38. The fourth-order valence-corrected chi connectivity index (χ4v) is 4.29. The maximum absolute atomic E-state index is 6.32. The van der Waals surface area contributed by atoms with E-state index in [1.54, 1.807) is 6.20 Å². The Hall–Kier alpha value is -2.58. The Labute approximate surface area is 171 Å². The van der Waals surface area contributed by atoms with E-state index in [1.807, 2.05) is 18.2 Å². The topological polar surface area (TPSA) is 28.7 Å². The van der Waals surface area contributed by atoms with E-state index in [0.717, 1.165) is 17.6 Å². The molecule has 1 atom stereocenters. The molecule has 4 rings (SSSR count). The first-order chi connectivity index (χ1) is 13.4. The van der Waals surface area contributed by atoms with Crippen LogP contribution in [0.3, 0.4) is 0 Å². The fraction of sp³-hybridized carbons (Fsp3) is 0.240. The molecule has 0 aliphatic heterocycles. The number of rotatable bonds is 4. The zero-order valence-corrected chi connectivity index (χ0v) is 17.3. The predicted octanol–water partition coefficient (Wildman–Crippen LogP) is 7.38. The number of nitrogens with zero attached hydrogens (tertiary/aromatic N) is 1. The van der Waals surface area contributed by atoms with Gasteiger partial charge in [0.2, 0.25) is 0 Å². The van der Waals surface area contributed by atoms with Crippen LogP contribution >= 0.6 is 11.6 Å². The molecular formula is C25H25ClN2. The van der Waals surface area contributed by atoms with Crippen molar-refractivity contribution in [2.75, 3.05) is 0 Å².